The highest BCUT2D eigenvalue weighted by Gasteiger charge is 2.26. The van der Waals surface area contributed by atoms with E-state index in [4.69, 9.17) is 5.73 Å². The van der Waals surface area contributed by atoms with Gasteiger partial charge in [-0.1, -0.05) is 6.07 Å². The molecule has 1 aromatic rings. The molecule has 1 saturated heterocycles. The minimum atomic E-state index is -0.461. The lowest BCUT2D eigenvalue weighted by molar-refractivity contribution is 0.130. The third-order valence-electron chi connectivity index (χ3n) is 3.85. The van der Waals surface area contributed by atoms with Gasteiger partial charge in [0.1, 0.15) is 11.6 Å². The average molecular weight is 254 g/mol. The molecule has 2 N–H and O–H groups in total. The molecule has 2 unspecified atom stereocenters. The van der Waals surface area contributed by atoms with Gasteiger partial charge in [-0.3, -0.25) is 4.90 Å². The maximum atomic E-state index is 13.7. The molecule has 0 saturated carbocycles. The molecule has 18 heavy (non-hydrogen) atoms. The highest BCUT2D eigenvalue weighted by molar-refractivity contribution is 5.23. The molecule has 0 radical (unpaired) electrons. The smallest absolute Gasteiger partial charge is 0.130 e. The maximum Gasteiger partial charge on any atom is 0.130 e. The van der Waals surface area contributed by atoms with Gasteiger partial charge < -0.3 is 5.73 Å². The van der Waals surface area contributed by atoms with Crippen LogP contribution in [0.1, 0.15) is 31.4 Å². The third kappa shape index (κ3) is 2.70. The van der Waals surface area contributed by atoms with Crippen LogP contribution in [0.15, 0.2) is 18.2 Å². The fourth-order valence-corrected chi connectivity index (χ4v) is 2.73. The van der Waals surface area contributed by atoms with E-state index in [1.807, 2.05) is 6.92 Å². The van der Waals surface area contributed by atoms with Crippen molar-refractivity contribution in [3.05, 3.63) is 35.4 Å². The molecule has 1 aliphatic heterocycles. The van der Waals surface area contributed by atoms with Crippen LogP contribution >= 0.6 is 0 Å². The molecular formula is C14H20F2N2. The van der Waals surface area contributed by atoms with Gasteiger partial charge in [-0.25, -0.2) is 8.78 Å². The Hall–Kier alpha value is -1.00. The molecule has 0 aromatic heterocycles. The second-order valence-electron chi connectivity index (χ2n) is 5.05. The number of hydrogen-bond donors (Lipinski definition) is 1. The largest absolute Gasteiger partial charge is 0.330 e. The van der Waals surface area contributed by atoms with Gasteiger partial charge in [0.05, 0.1) is 0 Å². The van der Waals surface area contributed by atoms with E-state index in [1.54, 1.807) is 0 Å². The predicted octanol–water partition coefficient (Wildman–Crippen LogP) is 2.70. The first-order chi connectivity index (χ1) is 8.63. The van der Waals surface area contributed by atoms with Gasteiger partial charge in [-0.05, 0) is 50.9 Å². The Bertz CT molecular complexity index is 389. The van der Waals surface area contributed by atoms with E-state index in [0.29, 0.717) is 12.5 Å². The molecule has 2 rings (SSSR count). The van der Waals surface area contributed by atoms with Gasteiger partial charge in [0, 0.05) is 18.2 Å². The summed E-state index contributed by atoms with van der Waals surface area (Å²) in [5, 5.41) is 0. The minimum Gasteiger partial charge on any atom is -0.330 e. The van der Waals surface area contributed by atoms with Gasteiger partial charge in [0.25, 0.3) is 0 Å². The summed E-state index contributed by atoms with van der Waals surface area (Å²) in [5.41, 5.74) is 5.87. The van der Waals surface area contributed by atoms with E-state index in [1.165, 1.54) is 18.2 Å². The van der Waals surface area contributed by atoms with Crippen LogP contribution in [-0.4, -0.2) is 24.5 Å². The van der Waals surface area contributed by atoms with Crippen molar-refractivity contribution in [2.24, 2.45) is 11.7 Å². The van der Waals surface area contributed by atoms with Crippen molar-refractivity contribution in [1.82, 2.24) is 4.90 Å². The molecule has 100 valence electrons. The summed E-state index contributed by atoms with van der Waals surface area (Å²) in [7, 11) is 0. The SMILES string of the molecule is CC(c1c(F)cccc1F)N1CCCC(CN)C1. The van der Waals surface area contributed by atoms with Crippen LogP contribution < -0.4 is 5.73 Å². The molecular weight excluding hydrogens is 234 g/mol. The number of hydrogen-bond acceptors (Lipinski definition) is 2. The highest BCUT2D eigenvalue weighted by Crippen LogP contribution is 2.29. The lowest BCUT2D eigenvalue weighted by atomic mass is 9.95. The summed E-state index contributed by atoms with van der Waals surface area (Å²) in [4.78, 5) is 2.13. The van der Waals surface area contributed by atoms with Crippen LogP contribution in [0.25, 0.3) is 0 Å². The van der Waals surface area contributed by atoms with Gasteiger partial charge in [-0.2, -0.15) is 0 Å². The lowest BCUT2D eigenvalue weighted by Gasteiger charge is -2.36. The Balaban J connectivity index is 2.17. The fraction of sp³-hybridized carbons (Fsp3) is 0.571. The number of likely N-dealkylation sites (tertiary alicyclic amines) is 1. The average Bonchev–Trinajstić information content (AvgIpc) is 2.38. The van der Waals surface area contributed by atoms with Gasteiger partial charge in [0.15, 0.2) is 0 Å². The quantitative estimate of drug-likeness (QED) is 0.898. The summed E-state index contributed by atoms with van der Waals surface area (Å²) >= 11 is 0. The summed E-state index contributed by atoms with van der Waals surface area (Å²) in [6.45, 7) is 4.21. The van der Waals surface area contributed by atoms with Crippen LogP contribution in [0.5, 0.6) is 0 Å². The summed E-state index contributed by atoms with van der Waals surface area (Å²) in [6, 6.07) is 3.80. The Morgan fingerprint density at radius 2 is 2.06 bits per heavy atom. The highest BCUT2D eigenvalue weighted by atomic mass is 19.1. The lowest BCUT2D eigenvalue weighted by Crippen LogP contribution is -2.40. The Labute approximate surface area is 107 Å². The van der Waals surface area contributed by atoms with Crippen LogP contribution in [0, 0.1) is 17.6 Å². The van der Waals surface area contributed by atoms with Crippen molar-refractivity contribution < 1.29 is 8.78 Å². The summed E-state index contributed by atoms with van der Waals surface area (Å²) in [5.74, 6) is -0.481. The summed E-state index contributed by atoms with van der Waals surface area (Å²) < 4.78 is 27.5. The minimum absolute atomic E-state index is 0.176. The first-order valence-corrected chi connectivity index (χ1v) is 6.51. The number of rotatable bonds is 3. The van der Waals surface area contributed by atoms with Crippen LogP contribution in [-0.2, 0) is 0 Å². The molecule has 0 spiro atoms. The fourth-order valence-electron chi connectivity index (χ4n) is 2.73. The first kappa shape index (κ1) is 13.4. The molecule has 4 heteroatoms. The number of nitrogens with two attached hydrogens (primary N) is 1. The van der Waals surface area contributed by atoms with Gasteiger partial charge >= 0.3 is 0 Å². The van der Waals surface area contributed by atoms with Crippen molar-refractivity contribution in [2.45, 2.75) is 25.8 Å². The van der Waals surface area contributed by atoms with Crippen LogP contribution in [0.2, 0.25) is 0 Å². The normalized spacial score (nSPS) is 23.0. The Kier molecular flexibility index (Phi) is 4.30. The number of piperidine rings is 1. The van der Waals surface area contributed by atoms with Crippen molar-refractivity contribution in [1.29, 1.82) is 0 Å². The third-order valence-corrected chi connectivity index (χ3v) is 3.85. The number of benzene rings is 1. The van der Waals surface area contributed by atoms with E-state index in [2.05, 4.69) is 4.90 Å². The predicted molar refractivity (Wildman–Crippen MR) is 68.1 cm³/mol. The van der Waals surface area contributed by atoms with Crippen molar-refractivity contribution in [2.75, 3.05) is 19.6 Å². The van der Waals surface area contributed by atoms with E-state index < -0.39 is 11.6 Å². The molecule has 2 atom stereocenters. The first-order valence-electron chi connectivity index (χ1n) is 6.51. The molecule has 0 bridgehead atoms. The zero-order valence-electron chi connectivity index (χ0n) is 10.7. The molecule has 0 amide bonds. The van der Waals surface area contributed by atoms with Crippen LogP contribution in [0.3, 0.4) is 0 Å². The van der Waals surface area contributed by atoms with Gasteiger partial charge in [-0.15, -0.1) is 0 Å². The van der Waals surface area contributed by atoms with Crippen molar-refractivity contribution >= 4 is 0 Å². The molecule has 2 nitrogen and oxygen atoms in total. The zero-order valence-corrected chi connectivity index (χ0v) is 10.7. The van der Waals surface area contributed by atoms with E-state index in [9.17, 15) is 8.78 Å². The Morgan fingerprint density at radius 3 is 2.67 bits per heavy atom. The van der Waals surface area contributed by atoms with E-state index >= 15 is 0 Å². The zero-order chi connectivity index (χ0) is 13.1. The molecule has 1 heterocycles. The monoisotopic (exact) mass is 254 g/mol. The molecule has 1 aliphatic rings. The topological polar surface area (TPSA) is 29.3 Å². The molecule has 1 aromatic carbocycles. The second-order valence-corrected chi connectivity index (χ2v) is 5.05. The van der Waals surface area contributed by atoms with Gasteiger partial charge in [0.2, 0.25) is 0 Å². The molecule has 0 aliphatic carbocycles. The number of nitrogens with zero attached hydrogens (tertiary/aromatic N) is 1. The van der Waals surface area contributed by atoms with Crippen molar-refractivity contribution in [3.63, 3.8) is 0 Å². The summed E-state index contributed by atoms with van der Waals surface area (Å²) in [6.07, 6.45) is 2.15. The van der Waals surface area contributed by atoms with Crippen molar-refractivity contribution in [3.8, 4) is 0 Å². The molecule has 1 fully saturated rings. The van der Waals surface area contributed by atoms with Crippen LogP contribution in [0.4, 0.5) is 8.78 Å². The Morgan fingerprint density at radius 1 is 1.39 bits per heavy atom. The second kappa shape index (κ2) is 5.76. The maximum absolute atomic E-state index is 13.7. The van der Waals surface area contributed by atoms with E-state index in [-0.39, 0.29) is 11.6 Å². The van der Waals surface area contributed by atoms with E-state index in [0.717, 1.165) is 25.9 Å². The standard InChI is InChI=1S/C14H20F2N2/c1-10(14-12(15)5-2-6-13(14)16)18-7-3-4-11(8-17)9-18/h2,5-6,10-11H,3-4,7-9,17H2,1H3. The number of halogens is 2.